The number of aromatic nitrogens is 2. The normalized spacial score (nSPS) is 28.1. The third-order valence-electron chi connectivity index (χ3n) is 5.28. The zero-order valence-electron chi connectivity index (χ0n) is 13.2. The van der Waals surface area contributed by atoms with Gasteiger partial charge in [0.05, 0.1) is 12.2 Å². The van der Waals surface area contributed by atoms with Crippen LogP contribution >= 0.6 is 0 Å². The van der Waals surface area contributed by atoms with Gasteiger partial charge in [0.15, 0.2) is 5.96 Å². The first-order valence-corrected chi connectivity index (χ1v) is 8.17. The fourth-order valence-corrected chi connectivity index (χ4v) is 4.08. The lowest BCUT2D eigenvalue weighted by atomic mass is 9.86. The lowest BCUT2D eigenvalue weighted by Gasteiger charge is -2.22. The van der Waals surface area contributed by atoms with Crippen LogP contribution in [0.1, 0.15) is 37.8 Å². The van der Waals surface area contributed by atoms with Crippen LogP contribution in [0.2, 0.25) is 0 Å². The third-order valence-corrected chi connectivity index (χ3v) is 5.28. The predicted octanol–water partition coefficient (Wildman–Crippen LogP) is 1.91. The molecule has 2 saturated carbocycles. The molecule has 0 aliphatic heterocycles. The highest BCUT2D eigenvalue weighted by atomic mass is 15.3. The lowest BCUT2D eigenvalue weighted by molar-refractivity contribution is 0.315. The molecular weight excluding hydrogens is 262 g/mol. The number of nitrogens with one attached hydrogen (secondary N) is 2. The monoisotopic (exact) mass is 289 g/mol. The molecule has 5 heteroatoms. The van der Waals surface area contributed by atoms with Crippen molar-refractivity contribution in [2.45, 2.75) is 38.6 Å². The molecule has 1 aromatic rings. The van der Waals surface area contributed by atoms with Crippen molar-refractivity contribution in [1.29, 1.82) is 0 Å². The molecule has 21 heavy (non-hydrogen) atoms. The van der Waals surface area contributed by atoms with Gasteiger partial charge in [-0.2, -0.15) is 5.10 Å². The number of rotatable bonds is 5. The Balaban J connectivity index is 1.38. The minimum absolute atomic E-state index is 0.754. The van der Waals surface area contributed by atoms with Gasteiger partial charge in [0.2, 0.25) is 0 Å². The predicted molar refractivity (Wildman–Crippen MR) is 85.0 cm³/mol. The number of hydrogen-bond donors (Lipinski definition) is 2. The summed E-state index contributed by atoms with van der Waals surface area (Å²) in [4.78, 5) is 4.29. The number of guanidine groups is 1. The van der Waals surface area contributed by atoms with Gasteiger partial charge < -0.3 is 10.6 Å². The maximum absolute atomic E-state index is 4.29. The summed E-state index contributed by atoms with van der Waals surface area (Å²) < 4.78 is 1.88. The number of nitrogens with zero attached hydrogens (tertiary/aromatic N) is 3. The summed E-state index contributed by atoms with van der Waals surface area (Å²) in [6.07, 6.45) is 9.03. The van der Waals surface area contributed by atoms with Crippen LogP contribution in [0.4, 0.5) is 0 Å². The second kappa shape index (κ2) is 6.50. The van der Waals surface area contributed by atoms with E-state index in [0.29, 0.717) is 0 Å². The standard InChI is InChI=1S/C16H27N5/c1-17-16(19-11-15-6-8-20-21(15)2)18-7-5-14-10-12-3-4-13(14)9-12/h6,8,12-14H,3-5,7,9-11H2,1-2H3,(H2,17,18,19). The van der Waals surface area contributed by atoms with Crippen LogP contribution < -0.4 is 10.6 Å². The molecule has 2 aliphatic rings. The van der Waals surface area contributed by atoms with Crippen molar-refractivity contribution in [3.05, 3.63) is 18.0 Å². The number of aliphatic imine (C=N–C) groups is 1. The van der Waals surface area contributed by atoms with E-state index in [-0.39, 0.29) is 0 Å². The molecule has 3 rings (SSSR count). The molecule has 0 aromatic carbocycles. The van der Waals surface area contributed by atoms with Crippen LogP contribution in [0.5, 0.6) is 0 Å². The maximum atomic E-state index is 4.29. The summed E-state index contributed by atoms with van der Waals surface area (Å²) in [6.45, 7) is 1.78. The van der Waals surface area contributed by atoms with Gasteiger partial charge in [-0.25, -0.2) is 0 Å². The minimum Gasteiger partial charge on any atom is -0.356 e. The molecule has 0 saturated heterocycles. The van der Waals surface area contributed by atoms with Crippen molar-refractivity contribution in [2.24, 2.45) is 29.8 Å². The number of aryl methyl sites for hydroxylation is 1. The molecule has 0 radical (unpaired) electrons. The second-order valence-electron chi connectivity index (χ2n) is 6.52. The fourth-order valence-electron chi connectivity index (χ4n) is 4.08. The van der Waals surface area contributed by atoms with Crippen molar-refractivity contribution in [3.63, 3.8) is 0 Å². The average Bonchev–Trinajstić information content (AvgIpc) is 3.19. The van der Waals surface area contributed by atoms with Crippen LogP contribution in [-0.4, -0.2) is 29.3 Å². The summed E-state index contributed by atoms with van der Waals surface area (Å²) in [6, 6.07) is 2.02. The molecule has 5 nitrogen and oxygen atoms in total. The van der Waals surface area contributed by atoms with Crippen LogP contribution in [0.15, 0.2) is 17.3 Å². The first-order valence-electron chi connectivity index (χ1n) is 8.17. The Kier molecular flexibility index (Phi) is 4.46. The lowest BCUT2D eigenvalue weighted by Crippen LogP contribution is -2.38. The van der Waals surface area contributed by atoms with Gasteiger partial charge in [-0.3, -0.25) is 9.67 Å². The van der Waals surface area contributed by atoms with E-state index in [9.17, 15) is 0 Å². The van der Waals surface area contributed by atoms with E-state index in [1.54, 1.807) is 0 Å². The van der Waals surface area contributed by atoms with E-state index in [4.69, 9.17) is 0 Å². The van der Waals surface area contributed by atoms with Gasteiger partial charge in [0.1, 0.15) is 0 Å². The SMILES string of the molecule is CN=C(NCCC1CC2CCC1C2)NCc1ccnn1C. The van der Waals surface area contributed by atoms with Crippen molar-refractivity contribution < 1.29 is 0 Å². The highest BCUT2D eigenvalue weighted by Gasteiger charge is 2.38. The average molecular weight is 289 g/mol. The van der Waals surface area contributed by atoms with E-state index in [0.717, 1.165) is 42.5 Å². The Morgan fingerprint density at radius 1 is 1.38 bits per heavy atom. The Bertz CT molecular complexity index is 493. The van der Waals surface area contributed by atoms with Gasteiger partial charge in [0.25, 0.3) is 0 Å². The van der Waals surface area contributed by atoms with Gasteiger partial charge in [0, 0.05) is 26.8 Å². The molecule has 1 heterocycles. The summed E-state index contributed by atoms with van der Waals surface area (Å²) >= 11 is 0. The maximum Gasteiger partial charge on any atom is 0.191 e. The summed E-state index contributed by atoms with van der Waals surface area (Å²) in [7, 11) is 3.79. The summed E-state index contributed by atoms with van der Waals surface area (Å²) in [5.41, 5.74) is 1.16. The van der Waals surface area contributed by atoms with E-state index in [1.165, 1.54) is 32.1 Å². The second-order valence-corrected chi connectivity index (χ2v) is 6.52. The van der Waals surface area contributed by atoms with Crippen LogP contribution in [0.3, 0.4) is 0 Å². The van der Waals surface area contributed by atoms with Gasteiger partial charge in [-0.1, -0.05) is 6.42 Å². The Morgan fingerprint density at radius 3 is 2.90 bits per heavy atom. The fraction of sp³-hybridized carbons (Fsp3) is 0.750. The Morgan fingerprint density at radius 2 is 2.29 bits per heavy atom. The molecular formula is C16H27N5. The van der Waals surface area contributed by atoms with Crippen molar-refractivity contribution in [2.75, 3.05) is 13.6 Å². The molecule has 2 fully saturated rings. The molecule has 0 spiro atoms. The molecule has 116 valence electrons. The minimum atomic E-state index is 0.754. The van der Waals surface area contributed by atoms with E-state index < -0.39 is 0 Å². The quantitative estimate of drug-likeness (QED) is 0.643. The molecule has 3 unspecified atom stereocenters. The largest absolute Gasteiger partial charge is 0.356 e. The zero-order valence-corrected chi connectivity index (χ0v) is 13.2. The van der Waals surface area contributed by atoms with Crippen LogP contribution in [0.25, 0.3) is 0 Å². The Hall–Kier alpha value is -1.52. The molecule has 0 amide bonds. The van der Waals surface area contributed by atoms with Gasteiger partial charge in [-0.05, 0) is 49.5 Å². The number of hydrogen-bond acceptors (Lipinski definition) is 2. The Labute approximate surface area is 127 Å². The highest BCUT2D eigenvalue weighted by molar-refractivity contribution is 5.79. The van der Waals surface area contributed by atoms with Gasteiger partial charge >= 0.3 is 0 Å². The molecule has 3 atom stereocenters. The number of fused-ring (bicyclic) bond motifs is 2. The highest BCUT2D eigenvalue weighted by Crippen LogP contribution is 2.49. The molecule has 2 aliphatic carbocycles. The van der Waals surface area contributed by atoms with E-state index in [1.807, 2.05) is 31.0 Å². The molecule has 2 bridgehead atoms. The summed E-state index contributed by atoms with van der Waals surface area (Å²) in [5, 5.41) is 11.0. The van der Waals surface area contributed by atoms with Crippen LogP contribution in [-0.2, 0) is 13.6 Å². The van der Waals surface area contributed by atoms with Crippen molar-refractivity contribution in [3.8, 4) is 0 Å². The van der Waals surface area contributed by atoms with Crippen molar-refractivity contribution in [1.82, 2.24) is 20.4 Å². The first-order chi connectivity index (χ1) is 10.3. The molecule has 2 N–H and O–H groups in total. The van der Waals surface area contributed by atoms with E-state index in [2.05, 4.69) is 20.7 Å². The van der Waals surface area contributed by atoms with Crippen LogP contribution in [0, 0.1) is 17.8 Å². The van der Waals surface area contributed by atoms with Crippen molar-refractivity contribution >= 4 is 5.96 Å². The first kappa shape index (κ1) is 14.4. The topological polar surface area (TPSA) is 54.2 Å². The smallest absolute Gasteiger partial charge is 0.191 e. The third kappa shape index (κ3) is 3.39. The van der Waals surface area contributed by atoms with Gasteiger partial charge in [-0.15, -0.1) is 0 Å². The molecule has 1 aromatic heterocycles. The van der Waals surface area contributed by atoms with E-state index >= 15 is 0 Å². The zero-order chi connectivity index (χ0) is 14.7. The summed E-state index contributed by atoms with van der Waals surface area (Å²) in [5.74, 6) is 3.90.